The summed E-state index contributed by atoms with van der Waals surface area (Å²) in [6, 6.07) is -0.916. The molecule has 0 aromatic rings. The van der Waals surface area contributed by atoms with Crippen LogP contribution in [0, 0.1) is 0 Å². The van der Waals surface area contributed by atoms with Gasteiger partial charge in [0.05, 0.1) is 32.0 Å². The number of allylic oxidation sites excluding steroid dienone is 11. The van der Waals surface area contributed by atoms with Crippen LogP contribution in [0.2, 0.25) is 0 Å². The lowest BCUT2D eigenvalue weighted by Crippen LogP contribution is -2.65. The van der Waals surface area contributed by atoms with E-state index in [9.17, 15) is 45.6 Å². The Morgan fingerprint density at radius 1 is 0.420 bits per heavy atom. The summed E-state index contributed by atoms with van der Waals surface area (Å²) in [5.74, 6) is -0.236. The van der Waals surface area contributed by atoms with Crippen LogP contribution < -0.4 is 5.32 Å². The Bertz CT molecular complexity index is 1750. The average molecular weight is 1240 g/mol. The lowest BCUT2D eigenvalue weighted by atomic mass is 9.97. The zero-order chi connectivity index (χ0) is 63.8. The second-order valence-corrected chi connectivity index (χ2v) is 25.3. The van der Waals surface area contributed by atoms with Crippen molar-refractivity contribution in [1.82, 2.24) is 5.32 Å². The number of aliphatic hydroxyl groups is 8. The molecule has 88 heavy (non-hydrogen) atoms. The standard InChI is InChI=1S/C74H133NO13/c1-3-5-7-9-11-13-15-17-19-21-22-23-24-25-26-27-28-29-30-31-32-33-34-35-36-37-38-39-40-42-44-46-48-50-52-54-56-58-66(79)75-62(63(78)57-55-53-51-49-47-45-43-41-20-18-16-14-12-10-8-6-4-2)61-85-73-71(84)69(82)72(65(60-77)87-73)88-74-70(83)68(81)67(80)64(59-76)86-74/h5,7,11,13,17,19,22-23,25-26,55,57,62-65,67-74,76-78,80-84H,3-4,6,8-10,12,14-16,18,20-21,24,27-54,56,58-61H2,1-2H3,(H,75,79)/b7-5-,13-11-,19-17-,23-22-,26-25-,57-55+. The molecule has 0 saturated carbocycles. The predicted octanol–water partition coefficient (Wildman–Crippen LogP) is 15.0. The number of hydrogen-bond acceptors (Lipinski definition) is 13. The third kappa shape index (κ3) is 41.8. The summed E-state index contributed by atoms with van der Waals surface area (Å²) < 4.78 is 22.9. The normalized spacial score (nSPS) is 23.6. The van der Waals surface area contributed by atoms with Gasteiger partial charge in [-0.15, -0.1) is 0 Å². The van der Waals surface area contributed by atoms with Gasteiger partial charge >= 0.3 is 0 Å². The zero-order valence-electron chi connectivity index (χ0n) is 55.7. The molecule has 0 bridgehead atoms. The SMILES string of the molecule is CC/C=C\C/C=C\C/C=C\C/C=C\C/C=C\CCCCCCCCCCCCCCCCCCCCCCCC(=O)NC(COC1OC(CO)C(OC2OC(CO)C(O)C(O)C2O)C(O)C1O)C(O)/C=C/CCCCCCCCCCCCCCCCC. The summed E-state index contributed by atoms with van der Waals surface area (Å²) in [5.41, 5.74) is 0. The van der Waals surface area contributed by atoms with E-state index in [0.717, 1.165) is 70.6 Å². The molecule has 2 rings (SSSR count). The first-order valence-electron chi connectivity index (χ1n) is 36.2. The van der Waals surface area contributed by atoms with E-state index in [1.807, 2.05) is 6.08 Å². The fourth-order valence-corrected chi connectivity index (χ4v) is 11.7. The molecular weight excluding hydrogens is 1110 g/mol. The van der Waals surface area contributed by atoms with Crippen LogP contribution in [0.1, 0.15) is 296 Å². The van der Waals surface area contributed by atoms with Gasteiger partial charge in [-0.05, 0) is 64.2 Å². The topological polar surface area (TPSA) is 228 Å². The van der Waals surface area contributed by atoms with Crippen molar-refractivity contribution in [2.24, 2.45) is 0 Å². The van der Waals surface area contributed by atoms with Gasteiger partial charge in [0.2, 0.25) is 5.91 Å². The summed E-state index contributed by atoms with van der Waals surface area (Å²) in [7, 11) is 0. The number of amides is 1. The fourth-order valence-electron chi connectivity index (χ4n) is 11.7. The fraction of sp³-hybridized carbons (Fsp3) is 0.824. The van der Waals surface area contributed by atoms with Crippen molar-refractivity contribution in [2.75, 3.05) is 19.8 Å². The summed E-state index contributed by atoms with van der Waals surface area (Å²) >= 11 is 0. The minimum atomic E-state index is -1.79. The van der Waals surface area contributed by atoms with Crippen LogP contribution in [0.3, 0.4) is 0 Å². The van der Waals surface area contributed by atoms with E-state index < -0.39 is 86.8 Å². The van der Waals surface area contributed by atoms with Gasteiger partial charge < -0.3 is 65.1 Å². The highest BCUT2D eigenvalue weighted by Gasteiger charge is 2.51. The van der Waals surface area contributed by atoms with E-state index in [0.29, 0.717) is 6.42 Å². The smallest absolute Gasteiger partial charge is 0.220 e. The van der Waals surface area contributed by atoms with E-state index in [1.54, 1.807) is 6.08 Å². The molecule has 12 atom stereocenters. The van der Waals surface area contributed by atoms with Gasteiger partial charge in [0.1, 0.15) is 48.8 Å². The van der Waals surface area contributed by atoms with Gasteiger partial charge in [-0.2, -0.15) is 0 Å². The molecule has 0 aromatic carbocycles. The minimum absolute atomic E-state index is 0.236. The molecule has 0 radical (unpaired) electrons. The molecule has 14 heteroatoms. The molecule has 1 amide bonds. The van der Waals surface area contributed by atoms with Crippen LogP contribution in [0.4, 0.5) is 0 Å². The summed E-state index contributed by atoms with van der Waals surface area (Å²) in [6.45, 7) is 2.71. The number of carbonyl (C=O) groups excluding carboxylic acids is 1. The zero-order valence-corrected chi connectivity index (χ0v) is 55.7. The van der Waals surface area contributed by atoms with Crippen LogP contribution in [0.5, 0.6) is 0 Å². The third-order valence-corrected chi connectivity index (χ3v) is 17.4. The van der Waals surface area contributed by atoms with Crippen LogP contribution in [-0.2, 0) is 23.7 Å². The molecule has 2 saturated heterocycles. The number of nitrogens with one attached hydrogen (secondary N) is 1. The van der Waals surface area contributed by atoms with E-state index in [4.69, 9.17) is 18.9 Å². The molecule has 2 heterocycles. The average Bonchev–Trinajstić information content (AvgIpc) is 2.07. The molecule has 12 unspecified atom stereocenters. The maximum Gasteiger partial charge on any atom is 0.220 e. The maximum absolute atomic E-state index is 13.3. The van der Waals surface area contributed by atoms with Crippen LogP contribution in [0.25, 0.3) is 0 Å². The lowest BCUT2D eigenvalue weighted by molar-refractivity contribution is -0.359. The molecule has 14 nitrogen and oxygen atoms in total. The van der Waals surface area contributed by atoms with Crippen LogP contribution >= 0.6 is 0 Å². The molecular formula is C74H133NO13. The van der Waals surface area contributed by atoms with E-state index >= 15 is 0 Å². The third-order valence-electron chi connectivity index (χ3n) is 17.4. The first-order chi connectivity index (χ1) is 43.1. The van der Waals surface area contributed by atoms with Crippen molar-refractivity contribution in [3.05, 3.63) is 72.9 Å². The Balaban J connectivity index is 1.60. The Hall–Kier alpha value is -2.57. The van der Waals surface area contributed by atoms with E-state index in [1.165, 1.54) is 199 Å². The molecule has 2 aliphatic rings. The maximum atomic E-state index is 13.3. The van der Waals surface area contributed by atoms with Crippen molar-refractivity contribution in [2.45, 2.75) is 370 Å². The monoisotopic (exact) mass is 1240 g/mol. The molecule has 2 fully saturated rings. The minimum Gasteiger partial charge on any atom is -0.394 e. The summed E-state index contributed by atoms with van der Waals surface area (Å²) in [4.78, 5) is 13.3. The second-order valence-electron chi connectivity index (χ2n) is 25.3. The molecule has 0 aromatic heterocycles. The number of rotatable bonds is 59. The molecule has 0 aliphatic carbocycles. The lowest BCUT2D eigenvalue weighted by Gasteiger charge is -2.46. The van der Waals surface area contributed by atoms with E-state index in [2.05, 4.69) is 79.9 Å². The van der Waals surface area contributed by atoms with Crippen molar-refractivity contribution in [3.8, 4) is 0 Å². The number of aliphatic hydroxyl groups excluding tert-OH is 8. The highest BCUT2D eigenvalue weighted by Crippen LogP contribution is 2.30. The van der Waals surface area contributed by atoms with Gasteiger partial charge in [0.15, 0.2) is 12.6 Å². The first-order valence-corrected chi connectivity index (χ1v) is 36.2. The highest BCUT2D eigenvalue weighted by molar-refractivity contribution is 5.76. The Morgan fingerprint density at radius 3 is 1.20 bits per heavy atom. The first kappa shape index (κ1) is 81.5. The van der Waals surface area contributed by atoms with Gasteiger partial charge in [-0.3, -0.25) is 4.79 Å². The number of hydrogen-bond donors (Lipinski definition) is 9. The summed E-state index contributed by atoms with van der Waals surface area (Å²) in [5, 5.41) is 87.4. The van der Waals surface area contributed by atoms with Crippen LogP contribution in [0.15, 0.2) is 72.9 Å². The number of unbranched alkanes of at least 4 members (excludes halogenated alkanes) is 36. The molecule has 2 aliphatic heterocycles. The quantitative estimate of drug-likeness (QED) is 0.0204. The van der Waals surface area contributed by atoms with Gasteiger partial charge in [0, 0.05) is 6.42 Å². The molecule has 512 valence electrons. The number of ether oxygens (including phenoxy) is 4. The largest absolute Gasteiger partial charge is 0.394 e. The Kier molecular flexibility index (Phi) is 54.0. The molecule has 0 spiro atoms. The Labute approximate surface area is 536 Å². The number of carbonyl (C=O) groups is 1. The Morgan fingerprint density at radius 2 is 0.784 bits per heavy atom. The van der Waals surface area contributed by atoms with Crippen molar-refractivity contribution < 1.29 is 64.6 Å². The molecule has 9 N–H and O–H groups in total. The van der Waals surface area contributed by atoms with Gasteiger partial charge in [-0.25, -0.2) is 0 Å². The van der Waals surface area contributed by atoms with E-state index in [-0.39, 0.29) is 18.9 Å². The van der Waals surface area contributed by atoms with Crippen molar-refractivity contribution in [1.29, 1.82) is 0 Å². The van der Waals surface area contributed by atoms with Gasteiger partial charge in [-0.1, -0.05) is 299 Å². The van der Waals surface area contributed by atoms with Gasteiger partial charge in [0.25, 0.3) is 0 Å². The van der Waals surface area contributed by atoms with Crippen molar-refractivity contribution in [3.63, 3.8) is 0 Å². The highest BCUT2D eigenvalue weighted by atomic mass is 16.7. The van der Waals surface area contributed by atoms with Crippen molar-refractivity contribution >= 4 is 5.91 Å². The predicted molar refractivity (Wildman–Crippen MR) is 360 cm³/mol. The summed E-state index contributed by atoms with van der Waals surface area (Å²) in [6.07, 6.45) is 62.5. The second kappa shape index (κ2) is 58.3. The van der Waals surface area contributed by atoms with Crippen LogP contribution in [-0.4, -0.2) is 140 Å².